The normalized spacial score (nSPS) is 12.1. The van der Waals surface area contributed by atoms with E-state index in [1.807, 2.05) is 6.92 Å². The van der Waals surface area contributed by atoms with Gasteiger partial charge in [0.2, 0.25) is 5.75 Å². The van der Waals surface area contributed by atoms with Crippen molar-refractivity contribution in [2.24, 2.45) is 5.10 Å². The van der Waals surface area contributed by atoms with Crippen LogP contribution in [0.4, 0.5) is 5.69 Å². The summed E-state index contributed by atoms with van der Waals surface area (Å²) in [6.45, 7) is 3.24. The molecule has 3 aromatic rings. The first kappa shape index (κ1) is 23.1. The number of methoxy groups -OCH3 is 1. The fourth-order valence-corrected chi connectivity index (χ4v) is 3.33. The van der Waals surface area contributed by atoms with Crippen LogP contribution in [0.5, 0.6) is 5.75 Å². The summed E-state index contributed by atoms with van der Waals surface area (Å²) in [5.41, 5.74) is -0.000389. The number of para-hydroxylation sites is 1. The highest BCUT2D eigenvalue weighted by atomic mass is 79.9. The van der Waals surface area contributed by atoms with Crippen LogP contribution < -0.4 is 10.3 Å². The number of rotatable bonds is 7. The number of benzene rings is 2. The van der Waals surface area contributed by atoms with Gasteiger partial charge in [-0.25, -0.2) is 9.78 Å². The molecule has 0 N–H and O–H groups in total. The molecule has 0 amide bonds. The number of aromatic nitrogens is 2. The van der Waals surface area contributed by atoms with Crippen LogP contribution in [0.15, 0.2) is 50.8 Å². The fraction of sp³-hybridized carbons (Fsp3) is 0.238. The van der Waals surface area contributed by atoms with E-state index in [1.54, 1.807) is 18.2 Å². The smallest absolute Gasteiger partial charge is 0.346 e. The van der Waals surface area contributed by atoms with Crippen LogP contribution in [-0.4, -0.2) is 40.0 Å². The first-order valence-electron chi connectivity index (χ1n) is 9.54. The third kappa shape index (κ3) is 4.67. The minimum Gasteiger partial charge on any atom is -0.471 e. The summed E-state index contributed by atoms with van der Waals surface area (Å²) in [7, 11) is 1.19. The standard InChI is InChI=1S/C21H19BrN4O6/c1-4-18-24-16-9-8-14(22)10-15(16)20(27)25(18)23-11-13-6-5-7-17(26(29)30)19(13)32-12(2)21(28)31-3/h5-12H,4H2,1-3H3/t12-/m1/s1. The van der Waals surface area contributed by atoms with E-state index in [0.29, 0.717) is 23.1 Å². The molecule has 0 aliphatic rings. The minimum atomic E-state index is -1.10. The molecule has 1 heterocycles. The van der Waals surface area contributed by atoms with Crippen molar-refractivity contribution in [1.29, 1.82) is 0 Å². The number of nitrogens with zero attached hydrogens (tertiary/aromatic N) is 4. The number of hydrogen-bond acceptors (Lipinski definition) is 8. The van der Waals surface area contributed by atoms with Crippen molar-refractivity contribution in [2.45, 2.75) is 26.4 Å². The molecule has 3 rings (SSSR count). The zero-order chi connectivity index (χ0) is 23.4. The van der Waals surface area contributed by atoms with E-state index in [1.165, 1.54) is 38.4 Å². The maximum absolute atomic E-state index is 13.0. The number of hydrogen-bond donors (Lipinski definition) is 0. The zero-order valence-corrected chi connectivity index (χ0v) is 19.0. The van der Waals surface area contributed by atoms with Gasteiger partial charge in [-0.15, -0.1) is 0 Å². The first-order valence-corrected chi connectivity index (χ1v) is 10.3. The molecule has 32 heavy (non-hydrogen) atoms. The van der Waals surface area contributed by atoms with Crippen LogP contribution >= 0.6 is 15.9 Å². The van der Waals surface area contributed by atoms with Crippen molar-refractivity contribution < 1.29 is 19.2 Å². The number of ether oxygens (including phenoxy) is 2. The summed E-state index contributed by atoms with van der Waals surface area (Å²) < 4.78 is 12.0. The Labute approximate surface area is 190 Å². The highest BCUT2D eigenvalue weighted by Gasteiger charge is 2.24. The van der Waals surface area contributed by atoms with E-state index in [0.717, 1.165) is 9.15 Å². The Balaban J connectivity index is 2.13. The maximum atomic E-state index is 13.0. The minimum absolute atomic E-state index is 0.165. The molecule has 0 saturated heterocycles. The number of carbonyl (C=O) groups excluding carboxylic acids is 1. The lowest BCUT2D eigenvalue weighted by atomic mass is 10.2. The summed E-state index contributed by atoms with van der Waals surface area (Å²) in [6, 6.07) is 9.39. The van der Waals surface area contributed by atoms with Gasteiger partial charge in [0.15, 0.2) is 6.10 Å². The Kier molecular flexibility index (Phi) is 6.98. The molecule has 0 aliphatic carbocycles. The Morgan fingerprint density at radius 3 is 2.78 bits per heavy atom. The van der Waals surface area contributed by atoms with Gasteiger partial charge in [0.05, 0.1) is 29.2 Å². The van der Waals surface area contributed by atoms with E-state index in [2.05, 4.69) is 30.8 Å². The SMILES string of the molecule is CCc1nc2ccc(Br)cc2c(=O)n1N=Cc1cccc([N+](=O)[O-])c1O[C@H](C)C(=O)OC. The quantitative estimate of drug-likeness (QED) is 0.209. The van der Waals surface area contributed by atoms with Gasteiger partial charge in [0, 0.05) is 22.5 Å². The van der Waals surface area contributed by atoms with Crippen molar-refractivity contribution in [2.75, 3.05) is 7.11 Å². The molecular weight excluding hydrogens is 484 g/mol. The van der Waals surface area contributed by atoms with Crippen molar-refractivity contribution in [3.8, 4) is 5.75 Å². The number of fused-ring (bicyclic) bond motifs is 1. The molecule has 0 unspecified atom stereocenters. The van der Waals surface area contributed by atoms with Crippen LogP contribution in [0.25, 0.3) is 10.9 Å². The fourth-order valence-electron chi connectivity index (χ4n) is 2.97. The molecule has 1 atom stereocenters. The number of esters is 1. The highest BCUT2D eigenvalue weighted by molar-refractivity contribution is 9.10. The molecule has 166 valence electrons. The van der Waals surface area contributed by atoms with Gasteiger partial charge in [-0.3, -0.25) is 14.9 Å². The Morgan fingerprint density at radius 2 is 2.12 bits per heavy atom. The largest absolute Gasteiger partial charge is 0.471 e. The predicted molar refractivity (Wildman–Crippen MR) is 121 cm³/mol. The van der Waals surface area contributed by atoms with Gasteiger partial charge in [-0.2, -0.15) is 9.78 Å². The first-order chi connectivity index (χ1) is 15.3. The molecule has 0 spiro atoms. The molecular formula is C21H19BrN4O6. The molecule has 0 radical (unpaired) electrons. The third-order valence-electron chi connectivity index (χ3n) is 4.55. The van der Waals surface area contributed by atoms with Crippen molar-refractivity contribution in [1.82, 2.24) is 9.66 Å². The van der Waals surface area contributed by atoms with Gasteiger partial charge in [-0.05, 0) is 31.2 Å². The number of nitro groups is 1. The summed E-state index contributed by atoms with van der Waals surface area (Å²) >= 11 is 3.34. The average molecular weight is 503 g/mol. The van der Waals surface area contributed by atoms with Gasteiger partial charge >= 0.3 is 11.7 Å². The lowest BCUT2D eigenvalue weighted by Crippen LogP contribution is -2.26. The topological polar surface area (TPSA) is 126 Å². The van der Waals surface area contributed by atoms with E-state index in [4.69, 9.17) is 4.74 Å². The summed E-state index contributed by atoms with van der Waals surface area (Å²) in [5.74, 6) is -0.446. The molecule has 0 aliphatic heterocycles. The summed E-state index contributed by atoms with van der Waals surface area (Å²) in [6.07, 6.45) is 0.594. The lowest BCUT2D eigenvalue weighted by Gasteiger charge is -2.14. The second kappa shape index (κ2) is 9.69. The van der Waals surface area contributed by atoms with Gasteiger partial charge in [0.25, 0.3) is 5.56 Å². The highest BCUT2D eigenvalue weighted by Crippen LogP contribution is 2.31. The number of aryl methyl sites for hydroxylation is 1. The molecule has 11 heteroatoms. The Hall–Kier alpha value is -3.60. The maximum Gasteiger partial charge on any atom is 0.346 e. The zero-order valence-electron chi connectivity index (χ0n) is 17.4. The molecule has 0 fully saturated rings. The summed E-state index contributed by atoms with van der Waals surface area (Å²) in [4.78, 5) is 40.1. The monoisotopic (exact) mass is 502 g/mol. The van der Waals surface area contributed by atoms with Crippen LogP contribution in [0, 0.1) is 10.1 Å². The van der Waals surface area contributed by atoms with E-state index in [9.17, 15) is 19.7 Å². The molecule has 0 bridgehead atoms. The van der Waals surface area contributed by atoms with Crippen molar-refractivity contribution >= 4 is 44.7 Å². The Bertz CT molecular complexity index is 1290. The number of carbonyl (C=O) groups is 1. The molecule has 10 nitrogen and oxygen atoms in total. The number of halogens is 1. The predicted octanol–water partition coefficient (Wildman–Crippen LogP) is 3.45. The van der Waals surface area contributed by atoms with Crippen LogP contribution in [0.3, 0.4) is 0 Å². The third-order valence-corrected chi connectivity index (χ3v) is 5.05. The van der Waals surface area contributed by atoms with Gasteiger partial charge in [-0.1, -0.05) is 28.9 Å². The van der Waals surface area contributed by atoms with Crippen molar-refractivity contribution in [3.63, 3.8) is 0 Å². The second-order valence-corrected chi connectivity index (χ2v) is 7.56. The van der Waals surface area contributed by atoms with E-state index in [-0.39, 0.29) is 22.6 Å². The summed E-state index contributed by atoms with van der Waals surface area (Å²) in [5, 5.41) is 16.1. The molecule has 2 aromatic carbocycles. The molecule has 1 aromatic heterocycles. The van der Waals surface area contributed by atoms with E-state index >= 15 is 0 Å². The Morgan fingerprint density at radius 1 is 1.38 bits per heavy atom. The molecule has 0 saturated carbocycles. The van der Waals surface area contributed by atoms with Gasteiger partial charge < -0.3 is 9.47 Å². The van der Waals surface area contributed by atoms with E-state index < -0.39 is 17.0 Å². The lowest BCUT2D eigenvalue weighted by molar-refractivity contribution is -0.386. The van der Waals surface area contributed by atoms with Crippen LogP contribution in [-0.2, 0) is 16.0 Å². The van der Waals surface area contributed by atoms with Crippen LogP contribution in [0.1, 0.15) is 25.2 Å². The average Bonchev–Trinajstić information content (AvgIpc) is 2.78. The second-order valence-electron chi connectivity index (χ2n) is 6.64. The number of nitro benzene ring substituents is 1. The van der Waals surface area contributed by atoms with Crippen LogP contribution in [0.2, 0.25) is 0 Å². The van der Waals surface area contributed by atoms with Crippen molar-refractivity contribution in [3.05, 3.63) is 72.7 Å². The van der Waals surface area contributed by atoms with Gasteiger partial charge in [0.1, 0.15) is 5.82 Å².